The maximum Gasteiger partial charge on any atom is 0.326 e. The number of hydrogen-bond acceptors (Lipinski definition) is 6. The van der Waals surface area contributed by atoms with E-state index in [-0.39, 0.29) is 55.4 Å². The van der Waals surface area contributed by atoms with Crippen LogP contribution < -0.4 is 10.1 Å². The van der Waals surface area contributed by atoms with Gasteiger partial charge in [-0.3, -0.25) is 15.0 Å². The molecule has 1 aliphatic carbocycles. The highest BCUT2D eigenvalue weighted by atomic mass is 32.2. The molecule has 1 atom stereocenters. The molecule has 0 unspecified atom stereocenters. The van der Waals surface area contributed by atoms with Crippen LogP contribution in [0.25, 0.3) is 0 Å². The number of hydrogen-bond donors (Lipinski definition) is 1. The van der Waals surface area contributed by atoms with Gasteiger partial charge in [0.2, 0.25) is 5.91 Å². The van der Waals surface area contributed by atoms with Gasteiger partial charge in [-0.15, -0.1) is 0 Å². The molecule has 1 aromatic rings. The molecular weight excluding hydrogens is 415 g/mol. The minimum Gasteiger partial charge on any atom is -0.490 e. The Labute approximate surface area is 175 Å². The van der Waals surface area contributed by atoms with Crippen molar-refractivity contribution in [2.24, 2.45) is 5.92 Å². The molecule has 2 fully saturated rings. The van der Waals surface area contributed by atoms with Gasteiger partial charge in [0.15, 0.2) is 21.4 Å². The molecule has 10 heteroatoms. The second kappa shape index (κ2) is 9.74. The van der Waals surface area contributed by atoms with E-state index in [1.54, 1.807) is 19.1 Å². The Morgan fingerprint density at radius 2 is 2.07 bits per heavy atom. The van der Waals surface area contributed by atoms with Gasteiger partial charge in [-0.05, 0) is 48.8 Å². The van der Waals surface area contributed by atoms with Crippen LogP contribution in [-0.2, 0) is 19.4 Å². The molecule has 1 saturated heterocycles. The van der Waals surface area contributed by atoms with Gasteiger partial charge in [0.05, 0.1) is 18.1 Å². The van der Waals surface area contributed by atoms with Gasteiger partial charge in [0.25, 0.3) is 0 Å². The highest BCUT2D eigenvalue weighted by molar-refractivity contribution is 7.91. The van der Waals surface area contributed by atoms with E-state index in [2.05, 4.69) is 5.32 Å². The standard InChI is InChI=1S/C20H27FN2O6S/c1-14(16-5-6-17(21)18(9-16)29-11-15-3-4-15)12-30(26,27)8-2-7-28-13-23-10-19(24)22-20(23)25/h5-6,9,14-15H,2-4,7-8,10-13H2,1H3,(H,22,24,25)/t14-/m0/s1. The van der Waals surface area contributed by atoms with Crippen molar-refractivity contribution in [2.75, 3.05) is 38.0 Å². The number of urea groups is 1. The largest absolute Gasteiger partial charge is 0.490 e. The minimum atomic E-state index is -3.35. The fourth-order valence-corrected chi connectivity index (χ4v) is 4.81. The molecule has 1 saturated carbocycles. The first-order chi connectivity index (χ1) is 14.2. The number of rotatable bonds is 12. The molecule has 1 aliphatic heterocycles. The van der Waals surface area contributed by atoms with Gasteiger partial charge in [-0.25, -0.2) is 17.6 Å². The first kappa shape index (κ1) is 22.5. The van der Waals surface area contributed by atoms with Gasteiger partial charge >= 0.3 is 6.03 Å². The number of carbonyl (C=O) groups is 2. The maximum atomic E-state index is 13.9. The van der Waals surface area contributed by atoms with Crippen LogP contribution in [0, 0.1) is 11.7 Å². The normalized spacial score (nSPS) is 17.9. The molecule has 0 aromatic heterocycles. The van der Waals surface area contributed by atoms with Crippen LogP contribution in [-0.4, -0.2) is 63.3 Å². The van der Waals surface area contributed by atoms with Crippen LogP contribution in [0.15, 0.2) is 18.2 Å². The average molecular weight is 443 g/mol. The molecule has 0 bridgehead atoms. The topological polar surface area (TPSA) is 102 Å². The van der Waals surface area contributed by atoms with Crippen molar-refractivity contribution in [1.29, 1.82) is 0 Å². The second-order valence-corrected chi connectivity index (χ2v) is 10.1. The Bertz CT molecular complexity index is 887. The first-order valence-electron chi connectivity index (χ1n) is 10.0. The fraction of sp³-hybridized carbons (Fsp3) is 0.600. The Hall–Kier alpha value is -2.20. The van der Waals surface area contributed by atoms with E-state index in [1.165, 1.54) is 11.0 Å². The van der Waals surface area contributed by atoms with E-state index in [0.29, 0.717) is 18.1 Å². The van der Waals surface area contributed by atoms with E-state index in [1.807, 2.05) is 0 Å². The Kier molecular flexibility index (Phi) is 7.30. The van der Waals surface area contributed by atoms with Gasteiger partial charge in [-0.1, -0.05) is 13.0 Å². The third-order valence-electron chi connectivity index (χ3n) is 5.06. The predicted octanol–water partition coefficient (Wildman–Crippen LogP) is 2.05. The molecule has 3 amide bonds. The molecule has 3 rings (SSSR count). The molecule has 2 aliphatic rings. The lowest BCUT2D eigenvalue weighted by molar-refractivity contribution is -0.118. The van der Waals surface area contributed by atoms with Gasteiger partial charge < -0.3 is 9.47 Å². The summed E-state index contributed by atoms with van der Waals surface area (Å²) in [6.45, 7) is 2.31. The summed E-state index contributed by atoms with van der Waals surface area (Å²) >= 11 is 0. The highest BCUT2D eigenvalue weighted by Gasteiger charge is 2.26. The van der Waals surface area contributed by atoms with E-state index < -0.39 is 21.7 Å². The van der Waals surface area contributed by atoms with Crippen LogP contribution >= 0.6 is 0 Å². The molecule has 1 N–H and O–H groups in total. The summed E-state index contributed by atoms with van der Waals surface area (Å²) in [4.78, 5) is 23.7. The van der Waals surface area contributed by atoms with Crippen molar-refractivity contribution < 1.29 is 31.9 Å². The lowest BCUT2D eigenvalue weighted by atomic mass is 10.0. The molecular formula is C20H27FN2O6S. The predicted molar refractivity (Wildman–Crippen MR) is 107 cm³/mol. The summed E-state index contributed by atoms with van der Waals surface area (Å²) in [7, 11) is -3.35. The van der Waals surface area contributed by atoms with Crippen LogP contribution in [0.1, 0.15) is 37.7 Å². The molecule has 1 heterocycles. The van der Waals surface area contributed by atoms with Crippen molar-refractivity contribution in [3.63, 3.8) is 0 Å². The summed E-state index contributed by atoms with van der Waals surface area (Å²) in [5.41, 5.74) is 0.715. The Morgan fingerprint density at radius 1 is 1.30 bits per heavy atom. The average Bonchev–Trinajstić information content (AvgIpc) is 3.44. The number of ether oxygens (including phenoxy) is 2. The number of amides is 3. The first-order valence-corrected chi connectivity index (χ1v) is 11.8. The summed E-state index contributed by atoms with van der Waals surface area (Å²) in [5.74, 6) is -0.602. The van der Waals surface area contributed by atoms with E-state index in [4.69, 9.17) is 9.47 Å². The summed E-state index contributed by atoms with van der Waals surface area (Å²) in [6.07, 6.45) is 2.48. The smallest absolute Gasteiger partial charge is 0.326 e. The molecule has 30 heavy (non-hydrogen) atoms. The molecule has 1 aromatic carbocycles. The van der Waals surface area contributed by atoms with Gasteiger partial charge in [0.1, 0.15) is 13.3 Å². The number of nitrogens with zero attached hydrogens (tertiary/aromatic N) is 1. The van der Waals surface area contributed by atoms with Crippen molar-refractivity contribution in [2.45, 2.75) is 32.1 Å². The van der Waals surface area contributed by atoms with Gasteiger partial charge in [0, 0.05) is 6.61 Å². The summed E-state index contributed by atoms with van der Waals surface area (Å²) in [6, 6.07) is 3.98. The maximum absolute atomic E-state index is 13.9. The van der Waals surface area contributed by atoms with Crippen molar-refractivity contribution in [1.82, 2.24) is 10.2 Å². The van der Waals surface area contributed by atoms with Crippen LogP contribution in [0.5, 0.6) is 5.75 Å². The fourth-order valence-electron chi connectivity index (χ4n) is 3.13. The van der Waals surface area contributed by atoms with Gasteiger partial charge in [-0.2, -0.15) is 0 Å². The number of carbonyl (C=O) groups excluding carboxylic acids is 2. The number of halogens is 1. The lowest BCUT2D eigenvalue weighted by Gasteiger charge is -2.15. The Balaban J connectivity index is 1.42. The van der Waals surface area contributed by atoms with Crippen LogP contribution in [0.3, 0.4) is 0 Å². The molecule has 0 spiro atoms. The molecule has 8 nitrogen and oxygen atoms in total. The SMILES string of the molecule is C[C@@H](CS(=O)(=O)CCCOCN1CC(=O)NC1=O)c1ccc(F)c(OCC2CC2)c1. The third kappa shape index (κ3) is 6.66. The quantitative estimate of drug-likeness (QED) is 0.393. The van der Waals surface area contributed by atoms with Crippen LogP contribution in [0.2, 0.25) is 0 Å². The van der Waals surface area contributed by atoms with E-state index >= 15 is 0 Å². The number of nitrogens with one attached hydrogen (secondary N) is 1. The number of imide groups is 1. The lowest BCUT2D eigenvalue weighted by Crippen LogP contribution is -2.30. The number of sulfone groups is 1. The van der Waals surface area contributed by atoms with Crippen molar-refractivity contribution >= 4 is 21.8 Å². The molecule has 166 valence electrons. The summed E-state index contributed by atoms with van der Waals surface area (Å²) in [5, 5.41) is 2.13. The van der Waals surface area contributed by atoms with Crippen molar-refractivity contribution in [3.8, 4) is 5.75 Å². The zero-order chi connectivity index (χ0) is 21.7. The highest BCUT2D eigenvalue weighted by Crippen LogP contribution is 2.31. The van der Waals surface area contributed by atoms with E-state index in [9.17, 15) is 22.4 Å². The number of benzene rings is 1. The summed E-state index contributed by atoms with van der Waals surface area (Å²) < 4.78 is 49.6. The molecule has 0 radical (unpaired) electrons. The Morgan fingerprint density at radius 3 is 2.73 bits per heavy atom. The minimum absolute atomic E-state index is 0.0569. The second-order valence-electron chi connectivity index (χ2n) is 7.90. The monoisotopic (exact) mass is 442 g/mol. The van der Waals surface area contributed by atoms with Crippen LogP contribution in [0.4, 0.5) is 9.18 Å². The zero-order valence-corrected chi connectivity index (χ0v) is 17.8. The zero-order valence-electron chi connectivity index (χ0n) is 16.9. The third-order valence-corrected chi connectivity index (χ3v) is 6.98. The van der Waals surface area contributed by atoms with E-state index in [0.717, 1.165) is 12.8 Å². The van der Waals surface area contributed by atoms with Crippen molar-refractivity contribution in [3.05, 3.63) is 29.6 Å².